The van der Waals surface area contributed by atoms with Gasteiger partial charge in [-0.05, 0) is 24.8 Å². The number of amides is 1. The first-order valence-electron chi connectivity index (χ1n) is 11.7. The van der Waals surface area contributed by atoms with Crippen molar-refractivity contribution in [2.75, 3.05) is 11.1 Å². The third kappa shape index (κ3) is 4.57. The fourth-order valence-corrected chi connectivity index (χ4v) is 5.45. The largest absolute Gasteiger partial charge is 0.390 e. The van der Waals surface area contributed by atoms with Crippen molar-refractivity contribution in [2.24, 2.45) is 5.41 Å². The number of thiazole rings is 1. The van der Waals surface area contributed by atoms with E-state index in [-0.39, 0.29) is 39.6 Å². The monoisotopic (exact) mass is 548 g/mol. The highest BCUT2D eigenvalue weighted by atomic mass is 32.1. The van der Waals surface area contributed by atoms with Gasteiger partial charge in [-0.3, -0.25) is 4.79 Å². The second-order valence-corrected chi connectivity index (χ2v) is 11.4. The van der Waals surface area contributed by atoms with E-state index in [0.29, 0.717) is 17.0 Å². The van der Waals surface area contributed by atoms with Gasteiger partial charge in [0.15, 0.2) is 11.5 Å². The van der Waals surface area contributed by atoms with Gasteiger partial charge < -0.3 is 11.1 Å². The Morgan fingerprint density at radius 3 is 2.61 bits per heavy atom. The number of hydrogen-bond acceptors (Lipinski definition) is 8. The average Bonchev–Trinajstić information content (AvgIpc) is 3.46. The molecule has 38 heavy (non-hydrogen) atoms. The van der Waals surface area contributed by atoms with Gasteiger partial charge >= 0.3 is 6.18 Å². The van der Waals surface area contributed by atoms with Crippen LogP contribution < -0.4 is 11.1 Å². The zero-order valence-corrected chi connectivity index (χ0v) is 21.8. The summed E-state index contributed by atoms with van der Waals surface area (Å²) in [7, 11) is 0. The Morgan fingerprint density at radius 2 is 1.92 bits per heavy atom. The van der Waals surface area contributed by atoms with Crippen LogP contribution in [0.2, 0.25) is 0 Å². The van der Waals surface area contributed by atoms with Crippen LogP contribution >= 0.6 is 11.3 Å². The highest BCUT2D eigenvalue weighted by Crippen LogP contribution is 2.46. The van der Waals surface area contributed by atoms with Crippen molar-refractivity contribution in [3.8, 4) is 11.5 Å². The molecule has 5 rings (SSSR count). The Balaban J connectivity index is 1.59. The number of aryl methyl sites for hydroxylation is 1. The van der Waals surface area contributed by atoms with Crippen LogP contribution in [0.3, 0.4) is 0 Å². The molecule has 1 atom stereocenters. The first-order chi connectivity index (χ1) is 17.7. The molecular formula is C24H24F4N8OS. The molecule has 1 aliphatic rings. The van der Waals surface area contributed by atoms with Gasteiger partial charge in [0.25, 0.3) is 0 Å². The number of anilines is 2. The number of fused-ring (bicyclic) bond motifs is 2. The number of rotatable bonds is 5. The number of carbonyl (C=O) groups is 1. The summed E-state index contributed by atoms with van der Waals surface area (Å²) in [6.45, 7) is 7.43. The first-order valence-corrected chi connectivity index (χ1v) is 12.6. The van der Waals surface area contributed by atoms with Gasteiger partial charge in [0.1, 0.15) is 33.6 Å². The molecule has 200 valence electrons. The number of aromatic nitrogens is 6. The van der Waals surface area contributed by atoms with Crippen molar-refractivity contribution < 1.29 is 22.4 Å². The van der Waals surface area contributed by atoms with E-state index < -0.39 is 36.3 Å². The third-order valence-electron chi connectivity index (χ3n) is 6.19. The van der Waals surface area contributed by atoms with Crippen molar-refractivity contribution in [3.05, 3.63) is 39.7 Å². The fourth-order valence-electron chi connectivity index (χ4n) is 4.47. The molecule has 9 nitrogen and oxygen atoms in total. The molecule has 1 aliphatic heterocycles. The second kappa shape index (κ2) is 8.68. The van der Waals surface area contributed by atoms with Gasteiger partial charge in [0.05, 0.1) is 35.8 Å². The summed E-state index contributed by atoms with van der Waals surface area (Å²) in [6, 6.07) is 1.09. The van der Waals surface area contributed by atoms with Crippen LogP contribution in [-0.2, 0) is 23.2 Å². The van der Waals surface area contributed by atoms with E-state index >= 15 is 0 Å². The molecule has 0 bridgehead atoms. The predicted molar refractivity (Wildman–Crippen MR) is 134 cm³/mol. The zero-order valence-electron chi connectivity index (χ0n) is 20.9. The molecule has 4 aromatic rings. The minimum absolute atomic E-state index is 0.000257. The zero-order chi connectivity index (χ0) is 27.6. The van der Waals surface area contributed by atoms with Crippen molar-refractivity contribution in [1.82, 2.24) is 29.7 Å². The van der Waals surface area contributed by atoms with Crippen LogP contribution in [0, 0.1) is 11.2 Å². The fraction of sp³-hybridized carbons (Fsp3) is 0.417. The Kier molecular flexibility index (Phi) is 5.93. The van der Waals surface area contributed by atoms with Crippen molar-refractivity contribution in [2.45, 2.75) is 58.7 Å². The Bertz CT molecular complexity index is 1570. The maximum atomic E-state index is 14.1. The molecule has 0 radical (unpaired) electrons. The van der Waals surface area contributed by atoms with Crippen LogP contribution in [0.1, 0.15) is 50.4 Å². The summed E-state index contributed by atoms with van der Waals surface area (Å²) in [4.78, 5) is 30.6. The normalized spacial score (nSPS) is 17.7. The number of carbonyl (C=O) groups excluding carboxylic acids is 1. The summed E-state index contributed by atoms with van der Waals surface area (Å²) in [5.74, 6) is -1.08. The van der Waals surface area contributed by atoms with Crippen LogP contribution in [0.15, 0.2) is 17.6 Å². The lowest BCUT2D eigenvalue weighted by Crippen LogP contribution is -2.33. The second-order valence-electron chi connectivity index (χ2n) is 10.6. The molecule has 1 amide bonds. The Morgan fingerprint density at radius 1 is 1.18 bits per heavy atom. The molecule has 4 aromatic heterocycles. The Hall–Kier alpha value is -3.68. The molecular weight excluding hydrogens is 524 g/mol. The van der Waals surface area contributed by atoms with Crippen molar-refractivity contribution in [1.29, 1.82) is 0 Å². The van der Waals surface area contributed by atoms with Crippen LogP contribution in [0.4, 0.5) is 29.2 Å². The standard InChI is InChI=1S/C24H24F4N8OS/c1-22(2,3)8-12-10-38-21(31-12)23(4)14-16(29)32-18(33-17(14)34-20(23)37)15-13-7-11(25)9-30-19(13)36(35-15)6-5-24(26,27)28/h7,9-10H,5-6,8H2,1-4H3,(H3,29,32,33,34,37)/t23-/m0/s1. The van der Waals surface area contributed by atoms with Gasteiger partial charge in [-0.25, -0.2) is 29.0 Å². The van der Waals surface area contributed by atoms with Gasteiger partial charge in [-0.2, -0.15) is 18.3 Å². The summed E-state index contributed by atoms with van der Waals surface area (Å²) < 4.78 is 53.7. The van der Waals surface area contributed by atoms with E-state index in [1.807, 2.05) is 5.38 Å². The molecule has 14 heteroatoms. The van der Waals surface area contributed by atoms with E-state index in [1.54, 1.807) is 6.92 Å². The van der Waals surface area contributed by atoms with Gasteiger partial charge in [0.2, 0.25) is 5.91 Å². The van der Waals surface area contributed by atoms with E-state index in [9.17, 15) is 22.4 Å². The number of alkyl halides is 3. The lowest BCUT2D eigenvalue weighted by molar-refractivity contribution is -0.137. The predicted octanol–water partition coefficient (Wildman–Crippen LogP) is 4.87. The highest BCUT2D eigenvalue weighted by Gasteiger charge is 2.50. The Labute approximate surface area is 218 Å². The van der Waals surface area contributed by atoms with Crippen LogP contribution in [-0.4, -0.2) is 41.8 Å². The maximum Gasteiger partial charge on any atom is 0.390 e. The number of nitrogens with two attached hydrogens (primary N) is 1. The minimum Gasteiger partial charge on any atom is -0.383 e. The molecule has 0 unspecified atom stereocenters. The third-order valence-corrected chi connectivity index (χ3v) is 7.30. The topological polar surface area (TPSA) is 124 Å². The number of pyridine rings is 1. The van der Waals surface area contributed by atoms with E-state index in [0.717, 1.165) is 22.6 Å². The molecule has 0 saturated carbocycles. The molecule has 0 spiro atoms. The number of nitrogens with zero attached hydrogens (tertiary/aromatic N) is 6. The average molecular weight is 549 g/mol. The smallest absolute Gasteiger partial charge is 0.383 e. The minimum atomic E-state index is -4.43. The number of hydrogen-bond donors (Lipinski definition) is 2. The van der Waals surface area contributed by atoms with E-state index in [4.69, 9.17) is 10.7 Å². The lowest BCUT2D eigenvalue weighted by atomic mass is 9.85. The maximum absolute atomic E-state index is 14.1. The van der Waals surface area contributed by atoms with Gasteiger partial charge in [-0.15, -0.1) is 11.3 Å². The first kappa shape index (κ1) is 25.9. The van der Waals surface area contributed by atoms with Crippen molar-refractivity contribution >= 4 is 39.9 Å². The SMILES string of the molecule is CC(C)(C)Cc1csc([C@]2(C)C(=O)Nc3nc(-c4nn(CCC(F)(F)F)c5ncc(F)cc45)nc(N)c32)n1. The molecule has 5 heterocycles. The van der Waals surface area contributed by atoms with Crippen molar-refractivity contribution in [3.63, 3.8) is 0 Å². The number of nitrogens with one attached hydrogen (secondary N) is 1. The van der Waals surface area contributed by atoms with Gasteiger partial charge in [-0.1, -0.05) is 20.8 Å². The summed E-state index contributed by atoms with van der Waals surface area (Å²) in [5, 5.41) is 9.49. The summed E-state index contributed by atoms with van der Waals surface area (Å²) in [5.41, 5.74) is 6.32. The molecule has 0 saturated heterocycles. The summed E-state index contributed by atoms with van der Waals surface area (Å²) in [6.07, 6.45) is -3.98. The highest BCUT2D eigenvalue weighted by molar-refractivity contribution is 7.10. The number of nitrogen functional groups attached to an aromatic ring is 1. The summed E-state index contributed by atoms with van der Waals surface area (Å²) >= 11 is 1.34. The number of halogens is 4. The van der Waals surface area contributed by atoms with Gasteiger partial charge in [0, 0.05) is 5.38 Å². The molecule has 0 fully saturated rings. The molecule has 3 N–H and O–H groups in total. The van der Waals surface area contributed by atoms with Crippen LogP contribution in [0.25, 0.3) is 22.6 Å². The lowest BCUT2D eigenvalue weighted by Gasteiger charge is -2.20. The molecule has 0 aromatic carbocycles. The molecule has 0 aliphatic carbocycles. The quantitative estimate of drug-likeness (QED) is 0.341. The van der Waals surface area contributed by atoms with E-state index in [1.165, 1.54) is 11.3 Å². The van der Waals surface area contributed by atoms with E-state index in [2.05, 4.69) is 46.1 Å². The van der Waals surface area contributed by atoms with Crippen LogP contribution in [0.5, 0.6) is 0 Å².